The molecule has 4 heteroatoms. The van der Waals surface area contributed by atoms with Crippen LogP contribution in [0.25, 0.3) is 11.3 Å². The fourth-order valence-electron chi connectivity index (χ4n) is 2.51. The van der Waals surface area contributed by atoms with Gasteiger partial charge in [0.1, 0.15) is 5.82 Å². The normalized spacial score (nSPS) is 19.3. The molecule has 94 valence electrons. The second kappa shape index (κ2) is 4.53. The first kappa shape index (κ1) is 11.4. The van der Waals surface area contributed by atoms with E-state index in [9.17, 15) is 4.39 Å². The average Bonchev–Trinajstić information content (AvgIpc) is 2.99. The Bertz CT molecular complexity index is 539. The number of benzene rings is 1. The molecule has 0 bridgehead atoms. The number of aryl methyl sites for hydroxylation is 1. The van der Waals surface area contributed by atoms with Crippen LogP contribution in [-0.2, 0) is 7.05 Å². The van der Waals surface area contributed by atoms with E-state index < -0.39 is 0 Å². The third kappa shape index (κ3) is 2.04. The summed E-state index contributed by atoms with van der Waals surface area (Å²) in [5, 5.41) is 7.98. The standard InChI is InChI=1S/C14H16FN3/c1-18-14(12-3-2-8-16-12)9-13(17-18)10-4-6-11(15)7-5-10/h4-7,9,12,16H,2-3,8H2,1H3. The zero-order valence-corrected chi connectivity index (χ0v) is 10.4. The maximum absolute atomic E-state index is 12.9. The zero-order valence-electron chi connectivity index (χ0n) is 10.4. The van der Waals surface area contributed by atoms with Crippen molar-refractivity contribution in [3.05, 3.63) is 41.8 Å². The Morgan fingerprint density at radius 3 is 2.78 bits per heavy atom. The molecule has 0 amide bonds. The Morgan fingerprint density at radius 2 is 2.11 bits per heavy atom. The average molecular weight is 245 g/mol. The van der Waals surface area contributed by atoms with Crippen molar-refractivity contribution in [1.29, 1.82) is 0 Å². The number of hydrogen-bond donors (Lipinski definition) is 1. The Kier molecular flexibility index (Phi) is 2.88. The van der Waals surface area contributed by atoms with Crippen LogP contribution in [-0.4, -0.2) is 16.3 Å². The summed E-state index contributed by atoms with van der Waals surface area (Å²) in [6.07, 6.45) is 2.37. The van der Waals surface area contributed by atoms with E-state index >= 15 is 0 Å². The van der Waals surface area contributed by atoms with Crippen LogP contribution >= 0.6 is 0 Å². The molecule has 1 aromatic carbocycles. The molecule has 1 fully saturated rings. The summed E-state index contributed by atoms with van der Waals surface area (Å²) in [5.41, 5.74) is 3.06. The number of halogens is 1. The van der Waals surface area contributed by atoms with E-state index in [-0.39, 0.29) is 5.82 Å². The van der Waals surface area contributed by atoms with Gasteiger partial charge in [0.15, 0.2) is 0 Å². The SMILES string of the molecule is Cn1nc(-c2ccc(F)cc2)cc1C1CCCN1. The van der Waals surface area contributed by atoms with Crippen molar-refractivity contribution < 1.29 is 4.39 Å². The van der Waals surface area contributed by atoms with Crippen molar-refractivity contribution in [3.8, 4) is 11.3 Å². The van der Waals surface area contributed by atoms with Gasteiger partial charge in [0.2, 0.25) is 0 Å². The van der Waals surface area contributed by atoms with Crippen LogP contribution in [0.1, 0.15) is 24.6 Å². The minimum absolute atomic E-state index is 0.215. The summed E-state index contributed by atoms with van der Waals surface area (Å²) >= 11 is 0. The first-order valence-electron chi connectivity index (χ1n) is 6.27. The van der Waals surface area contributed by atoms with E-state index in [2.05, 4.69) is 16.5 Å². The van der Waals surface area contributed by atoms with Gasteiger partial charge in [-0.2, -0.15) is 5.10 Å². The van der Waals surface area contributed by atoms with Crippen LogP contribution < -0.4 is 5.32 Å². The zero-order chi connectivity index (χ0) is 12.5. The molecule has 0 spiro atoms. The molecule has 0 radical (unpaired) electrons. The highest BCUT2D eigenvalue weighted by molar-refractivity contribution is 5.59. The Morgan fingerprint density at radius 1 is 1.33 bits per heavy atom. The van der Waals surface area contributed by atoms with Crippen molar-refractivity contribution in [2.45, 2.75) is 18.9 Å². The van der Waals surface area contributed by atoms with E-state index in [1.807, 2.05) is 11.7 Å². The van der Waals surface area contributed by atoms with Gasteiger partial charge in [-0.3, -0.25) is 4.68 Å². The second-order valence-electron chi connectivity index (χ2n) is 4.73. The fourth-order valence-corrected chi connectivity index (χ4v) is 2.51. The molecule has 2 aromatic rings. The minimum Gasteiger partial charge on any atom is -0.309 e. The molecule has 3 nitrogen and oxygen atoms in total. The van der Waals surface area contributed by atoms with Crippen molar-refractivity contribution >= 4 is 0 Å². The van der Waals surface area contributed by atoms with Gasteiger partial charge in [0.05, 0.1) is 11.4 Å². The van der Waals surface area contributed by atoms with Crippen LogP contribution in [0.15, 0.2) is 30.3 Å². The quantitative estimate of drug-likeness (QED) is 0.881. The van der Waals surface area contributed by atoms with Crippen molar-refractivity contribution in [3.63, 3.8) is 0 Å². The largest absolute Gasteiger partial charge is 0.309 e. The molecule has 1 aromatic heterocycles. The predicted octanol–water partition coefficient (Wildman–Crippen LogP) is 2.65. The Hall–Kier alpha value is -1.68. The smallest absolute Gasteiger partial charge is 0.123 e. The van der Waals surface area contributed by atoms with E-state index in [4.69, 9.17) is 0 Å². The maximum Gasteiger partial charge on any atom is 0.123 e. The molecule has 1 saturated heterocycles. The summed E-state index contributed by atoms with van der Waals surface area (Å²) in [6.45, 7) is 1.07. The molecular formula is C14H16FN3. The van der Waals surface area contributed by atoms with E-state index in [0.29, 0.717) is 6.04 Å². The van der Waals surface area contributed by atoms with Gasteiger partial charge in [-0.25, -0.2) is 4.39 Å². The summed E-state index contributed by atoms with van der Waals surface area (Å²) in [4.78, 5) is 0. The van der Waals surface area contributed by atoms with Crippen molar-refractivity contribution in [1.82, 2.24) is 15.1 Å². The van der Waals surface area contributed by atoms with Gasteiger partial charge >= 0.3 is 0 Å². The van der Waals surface area contributed by atoms with Crippen LogP contribution in [0.2, 0.25) is 0 Å². The van der Waals surface area contributed by atoms with Gasteiger partial charge in [0.25, 0.3) is 0 Å². The molecule has 18 heavy (non-hydrogen) atoms. The van der Waals surface area contributed by atoms with Crippen LogP contribution in [0.5, 0.6) is 0 Å². The highest BCUT2D eigenvalue weighted by atomic mass is 19.1. The molecule has 2 heterocycles. The summed E-state index contributed by atoms with van der Waals surface area (Å²) < 4.78 is 14.8. The lowest BCUT2D eigenvalue weighted by molar-refractivity contribution is 0.574. The highest BCUT2D eigenvalue weighted by Gasteiger charge is 2.20. The van der Waals surface area contributed by atoms with Gasteiger partial charge in [0, 0.05) is 18.7 Å². The van der Waals surface area contributed by atoms with E-state index in [0.717, 1.165) is 24.2 Å². The van der Waals surface area contributed by atoms with Gasteiger partial charge in [-0.15, -0.1) is 0 Å². The van der Waals surface area contributed by atoms with Gasteiger partial charge in [-0.1, -0.05) is 0 Å². The molecule has 1 atom stereocenters. The first-order valence-corrected chi connectivity index (χ1v) is 6.27. The molecule has 0 saturated carbocycles. The van der Waals surface area contributed by atoms with Crippen LogP contribution in [0.4, 0.5) is 4.39 Å². The van der Waals surface area contributed by atoms with Crippen molar-refractivity contribution in [2.75, 3.05) is 6.54 Å². The maximum atomic E-state index is 12.9. The monoisotopic (exact) mass is 245 g/mol. The van der Waals surface area contributed by atoms with Gasteiger partial charge < -0.3 is 5.32 Å². The van der Waals surface area contributed by atoms with Crippen LogP contribution in [0.3, 0.4) is 0 Å². The summed E-state index contributed by atoms with van der Waals surface area (Å²) in [6, 6.07) is 8.97. The third-order valence-electron chi connectivity index (χ3n) is 3.47. The lowest BCUT2D eigenvalue weighted by Crippen LogP contribution is -2.16. The molecular weight excluding hydrogens is 229 g/mol. The van der Waals surface area contributed by atoms with Crippen LogP contribution in [0, 0.1) is 5.82 Å². The number of nitrogens with zero attached hydrogens (tertiary/aromatic N) is 2. The Labute approximate surface area is 106 Å². The third-order valence-corrected chi connectivity index (χ3v) is 3.47. The molecule has 1 aliphatic heterocycles. The number of aromatic nitrogens is 2. The highest BCUT2D eigenvalue weighted by Crippen LogP contribution is 2.27. The number of nitrogens with one attached hydrogen (secondary N) is 1. The van der Waals surface area contributed by atoms with Crippen molar-refractivity contribution in [2.24, 2.45) is 7.05 Å². The van der Waals surface area contributed by atoms with Gasteiger partial charge in [-0.05, 0) is 49.7 Å². The summed E-state index contributed by atoms with van der Waals surface area (Å²) in [5.74, 6) is -0.215. The topological polar surface area (TPSA) is 29.9 Å². The summed E-state index contributed by atoms with van der Waals surface area (Å²) in [7, 11) is 1.96. The molecule has 1 N–H and O–H groups in total. The Balaban J connectivity index is 1.94. The van der Waals surface area contributed by atoms with E-state index in [1.165, 1.54) is 24.2 Å². The lowest BCUT2D eigenvalue weighted by Gasteiger charge is -2.09. The second-order valence-corrected chi connectivity index (χ2v) is 4.73. The van der Waals surface area contributed by atoms with E-state index in [1.54, 1.807) is 12.1 Å². The first-order chi connectivity index (χ1) is 8.74. The predicted molar refractivity (Wildman–Crippen MR) is 68.6 cm³/mol. The minimum atomic E-state index is -0.215. The lowest BCUT2D eigenvalue weighted by atomic mass is 10.1. The molecule has 3 rings (SSSR count). The molecule has 1 aliphatic rings. The fraction of sp³-hybridized carbons (Fsp3) is 0.357. The number of hydrogen-bond acceptors (Lipinski definition) is 2. The molecule has 1 unspecified atom stereocenters. The number of rotatable bonds is 2. The molecule has 0 aliphatic carbocycles.